The van der Waals surface area contributed by atoms with Crippen LogP contribution in [0.4, 0.5) is 0 Å². The number of nitrogens with one attached hydrogen (secondary N) is 2. The molecule has 0 saturated carbocycles. The quantitative estimate of drug-likeness (QED) is 0.378. The monoisotopic (exact) mass is 182 g/mol. The fourth-order valence-electron chi connectivity index (χ4n) is 1.32. The first-order chi connectivity index (χ1) is 6.36. The summed E-state index contributed by atoms with van der Waals surface area (Å²) >= 11 is 0. The van der Waals surface area contributed by atoms with Gasteiger partial charge in [-0.25, -0.2) is 0 Å². The molecule has 0 fully saturated rings. The molecule has 1 rings (SSSR count). The predicted octanol–water partition coefficient (Wildman–Crippen LogP) is 1.00. The van der Waals surface area contributed by atoms with E-state index in [1.54, 1.807) is 6.08 Å². The van der Waals surface area contributed by atoms with Crippen LogP contribution >= 0.6 is 0 Å². The van der Waals surface area contributed by atoms with Gasteiger partial charge >= 0.3 is 0 Å². The zero-order chi connectivity index (χ0) is 9.52. The summed E-state index contributed by atoms with van der Waals surface area (Å²) in [5, 5.41) is 3.33. The Balaban J connectivity index is 2.28. The Kier molecular flexibility index (Phi) is 4.75. The first-order valence-electron chi connectivity index (χ1n) is 4.75. The Morgan fingerprint density at radius 2 is 2.69 bits per heavy atom. The molecule has 0 amide bonds. The Hall–Kier alpha value is -0.640. The van der Waals surface area contributed by atoms with Crippen LogP contribution in [-0.4, -0.2) is 25.7 Å². The van der Waals surface area contributed by atoms with E-state index in [-0.39, 0.29) is 0 Å². The molecule has 0 radical (unpaired) electrons. The van der Waals surface area contributed by atoms with Gasteiger partial charge in [0.2, 0.25) is 0 Å². The summed E-state index contributed by atoms with van der Waals surface area (Å²) in [6, 6.07) is 0.295. The van der Waals surface area contributed by atoms with Gasteiger partial charge in [-0.3, -0.25) is 4.84 Å². The van der Waals surface area contributed by atoms with Crippen LogP contribution in [0.1, 0.15) is 13.3 Å². The van der Waals surface area contributed by atoms with Crippen LogP contribution in [0.5, 0.6) is 0 Å². The second-order valence-corrected chi connectivity index (χ2v) is 3.13. The summed E-state index contributed by atoms with van der Waals surface area (Å²) in [6.45, 7) is 8.23. The van der Waals surface area contributed by atoms with Gasteiger partial charge in [0.1, 0.15) is 0 Å². The fraction of sp³-hybridized carbons (Fsp3) is 0.600. The largest absolute Gasteiger partial charge is 0.311 e. The molecule has 1 heterocycles. The van der Waals surface area contributed by atoms with Gasteiger partial charge in [-0.1, -0.05) is 24.6 Å². The van der Waals surface area contributed by atoms with Gasteiger partial charge in [-0.15, -0.1) is 6.58 Å². The van der Waals surface area contributed by atoms with Crippen LogP contribution in [0.25, 0.3) is 0 Å². The molecule has 0 aliphatic carbocycles. The molecule has 3 heteroatoms. The van der Waals surface area contributed by atoms with E-state index in [4.69, 9.17) is 4.84 Å². The number of hydrogen-bond donors (Lipinski definition) is 2. The van der Waals surface area contributed by atoms with Crippen LogP contribution in [0.2, 0.25) is 0 Å². The molecule has 0 spiro atoms. The van der Waals surface area contributed by atoms with Gasteiger partial charge in [0.25, 0.3) is 0 Å². The Bertz CT molecular complexity index is 189. The van der Waals surface area contributed by atoms with Gasteiger partial charge < -0.3 is 5.32 Å². The highest BCUT2D eigenvalue weighted by atomic mass is 16.6. The van der Waals surface area contributed by atoms with Crippen molar-refractivity contribution in [1.29, 1.82) is 0 Å². The third-order valence-corrected chi connectivity index (χ3v) is 2.04. The second kappa shape index (κ2) is 5.91. The lowest BCUT2D eigenvalue weighted by atomic mass is 10.1. The highest BCUT2D eigenvalue weighted by Crippen LogP contribution is 2.05. The summed E-state index contributed by atoms with van der Waals surface area (Å²) in [5.41, 5.74) is 4.41. The van der Waals surface area contributed by atoms with Crippen molar-refractivity contribution >= 4 is 0 Å². The standard InChI is InChI=1S/C10H18N2O/c1-3-5-13-12-10-6-9(4-2)7-11-8-10/h3,6,10-12H,1,4-5,7-8H2,2H3. The molecule has 0 aromatic heterocycles. The lowest BCUT2D eigenvalue weighted by molar-refractivity contribution is 0.0453. The maximum Gasteiger partial charge on any atom is 0.0861 e. The lowest BCUT2D eigenvalue weighted by Crippen LogP contribution is -2.41. The van der Waals surface area contributed by atoms with Crippen molar-refractivity contribution < 1.29 is 4.84 Å². The Morgan fingerprint density at radius 1 is 1.85 bits per heavy atom. The van der Waals surface area contributed by atoms with Crippen molar-refractivity contribution in [2.75, 3.05) is 19.7 Å². The van der Waals surface area contributed by atoms with Crippen LogP contribution in [0.3, 0.4) is 0 Å². The maximum atomic E-state index is 5.16. The first kappa shape index (κ1) is 10.4. The van der Waals surface area contributed by atoms with E-state index < -0.39 is 0 Å². The molecule has 74 valence electrons. The number of rotatable bonds is 5. The third-order valence-electron chi connectivity index (χ3n) is 2.04. The third kappa shape index (κ3) is 3.72. The lowest BCUT2D eigenvalue weighted by Gasteiger charge is -2.22. The summed E-state index contributed by atoms with van der Waals surface area (Å²) in [7, 11) is 0. The number of hydrogen-bond acceptors (Lipinski definition) is 3. The van der Waals surface area contributed by atoms with Crippen molar-refractivity contribution in [2.24, 2.45) is 0 Å². The summed E-state index contributed by atoms with van der Waals surface area (Å²) in [5.74, 6) is 0. The summed E-state index contributed by atoms with van der Waals surface area (Å²) in [4.78, 5) is 5.16. The van der Waals surface area contributed by atoms with Crippen molar-refractivity contribution in [1.82, 2.24) is 10.8 Å². The van der Waals surface area contributed by atoms with Gasteiger partial charge in [0, 0.05) is 13.1 Å². The summed E-state index contributed by atoms with van der Waals surface area (Å²) in [6.07, 6.45) is 5.07. The van der Waals surface area contributed by atoms with Gasteiger partial charge in [0.05, 0.1) is 12.6 Å². The van der Waals surface area contributed by atoms with Crippen molar-refractivity contribution in [3.63, 3.8) is 0 Å². The molecular formula is C10H18N2O. The molecule has 1 aliphatic heterocycles. The smallest absolute Gasteiger partial charge is 0.0861 e. The van der Waals surface area contributed by atoms with E-state index in [0.717, 1.165) is 19.5 Å². The maximum absolute atomic E-state index is 5.16. The van der Waals surface area contributed by atoms with E-state index in [1.807, 2.05) is 0 Å². The van der Waals surface area contributed by atoms with Crippen molar-refractivity contribution in [3.8, 4) is 0 Å². The van der Waals surface area contributed by atoms with Gasteiger partial charge in [0.15, 0.2) is 0 Å². The zero-order valence-electron chi connectivity index (χ0n) is 8.18. The average Bonchev–Trinajstić information content (AvgIpc) is 2.19. The van der Waals surface area contributed by atoms with Gasteiger partial charge in [-0.2, -0.15) is 5.48 Å². The molecule has 3 nitrogen and oxygen atoms in total. The molecule has 0 aromatic rings. The Labute approximate surface area is 79.8 Å². The molecular weight excluding hydrogens is 164 g/mol. The minimum absolute atomic E-state index is 0.295. The second-order valence-electron chi connectivity index (χ2n) is 3.13. The van der Waals surface area contributed by atoms with E-state index >= 15 is 0 Å². The molecule has 13 heavy (non-hydrogen) atoms. The van der Waals surface area contributed by atoms with Crippen molar-refractivity contribution in [2.45, 2.75) is 19.4 Å². The Morgan fingerprint density at radius 3 is 3.38 bits per heavy atom. The number of hydroxylamine groups is 1. The fourth-order valence-corrected chi connectivity index (χ4v) is 1.32. The van der Waals surface area contributed by atoms with Crippen LogP contribution in [0.15, 0.2) is 24.3 Å². The molecule has 2 N–H and O–H groups in total. The van der Waals surface area contributed by atoms with E-state index in [0.29, 0.717) is 12.6 Å². The van der Waals surface area contributed by atoms with Gasteiger partial charge in [-0.05, 0) is 6.42 Å². The van der Waals surface area contributed by atoms with Crippen LogP contribution < -0.4 is 10.8 Å². The molecule has 1 atom stereocenters. The molecule has 0 bridgehead atoms. The summed E-state index contributed by atoms with van der Waals surface area (Å²) < 4.78 is 0. The SMILES string of the molecule is C=CCONC1C=C(CC)CNC1. The average molecular weight is 182 g/mol. The highest BCUT2D eigenvalue weighted by Gasteiger charge is 2.10. The normalized spacial score (nSPS) is 22.5. The highest BCUT2D eigenvalue weighted by molar-refractivity contribution is 5.11. The predicted molar refractivity (Wildman–Crippen MR) is 54.3 cm³/mol. The minimum atomic E-state index is 0.295. The molecule has 0 aromatic carbocycles. The minimum Gasteiger partial charge on any atom is -0.311 e. The first-order valence-corrected chi connectivity index (χ1v) is 4.75. The molecule has 1 aliphatic rings. The van der Waals surface area contributed by atoms with E-state index in [2.05, 4.69) is 30.4 Å². The van der Waals surface area contributed by atoms with E-state index in [1.165, 1.54) is 5.57 Å². The van der Waals surface area contributed by atoms with Crippen molar-refractivity contribution in [3.05, 3.63) is 24.3 Å². The zero-order valence-corrected chi connectivity index (χ0v) is 8.18. The van der Waals surface area contributed by atoms with E-state index in [9.17, 15) is 0 Å². The topological polar surface area (TPSA) is 33.3 Å². The van der Waals surface area contributed by atoms with Crippen LogP contribution in [-0.2, 0) is 4.84 Å². The van der Waals surface area contributed by atoms with Crippen LogP contribution in [0, 0.1) is 0 Å². The molecule has 0 saturated heterocycles. The molecule has 1 unspecified atom stereocenters.